The standard InChI is InChI=1S/C29H47NO6/c1-4-5-6-13-16-25(31)17-14-11-9-7-8-10-12-15-18-29(34)36-22-28(33)30-21-24-20-27(35-3)26(32)19-23(24)2/h11,14,19-20,25,31-32H,4-10,12-13,15-18,21-22H2,1-3H3,(H,30,33)/b14-11-. The molecule has 1 aromatic carbocycles. The first-order valence-corrected chi connectivity index (χ1v) is 13.5. The maximum absolute atomic E-state index is 12.0. The summed E-state index contributed by atoms with van der Waals surface area (Å²) in [6.45, 7) is 3.99. The van der Waals surface area contributed by atoms with E-state index in [0.29, 0.717) is 12.2 Å². The third-order valence-corrected chi connectivity index (χ3v) is 6.20. The Morgan fingerprint density at radius 3 is 2.50 bits per heavy atom. The maximum Gasteiger partial charge on any atom is 0.306 e. The minimum absolute atomic E-state index is 0.0513. The molecule has 0 spiro atoms. The van der Waals surface area contributed by atoms with Crippen LogP contribution in [0.15, 0.2) is 24.3 Å². The molecule has 0 aliphatic heterocycles. The van der Waals surface area contributed by atoms with Gasteiger partial charge >= 0.3 is 5.97 Å². The molecule has 0 aromatic heterocycles. The zero-order chi connectivity index (χ0) is 26.6. The number of aliphatic hydroxyl groups is 1. The van der Waals surface area contributed by atoms with Crippen LogP contribution < -0.4 is 10.1 Å². The molecule has 0 fully saturated rings. The van der Waals surface area contributed by atoms with Gasteiger partial charge in [0.1, 0.15) is 0 Å². The predicted octanol–water partition coefficient (Wildman–Crippen LogP) is 5.88. The average Bonchev–Trinajstić information content (AvgIpc) is 2.86. The third-order valence-electron chi connectivity index (χ3n) is 6.20. The summed E-state index contributed by atoms with van der Waals surface area (Å²) in [6, 6.07) is 3.26. The number of nitrogens with one attached hydrogen (secondary N) is 1. The lowest BCUT2D eigenvalue weighted by atomic mass is 10.1. The molecule has 7 nitrogen and oxygen atoms in total. The highest BCUT2D eigenvalue weighted by Crippen LogP contribution is 2.29. The molecule has 1 atom stereocenters. The SMILES string of the molecule is CCCCCCC(O)C/C=C\CCCCCCCC(=O)OCC(=O)NCc1cc(OC)c(O)cc1C. The number of carbonyl (C=O) groups excluding carboxylic acids is 2. The summed E-state index contributed by atoms with van der Waals surface area (Å²) in [7, 11) is 1.47. The molecular formula is C29H47NO6. The topological polar surface area (TPSA) is 105 Å². The molecule has 0 heterocycles. The fraction of sp³-hybridized carbons (Fsp3) is 0.655. The van der Waals surface area contributed by atoms with E-state index in [9.17, 15) is 19.8 Å². The van der Waals surface area contributed by atoms with Crippen molar-refractivity contribution in [2.24, 2.45) is 0 Å². The summed E-state index contributed by atoms with van der Waals surface area (Å²) in [5, 5.41) is 22.4. The number of ether oxygens (including phenoxy) is 2. The van der Waals surface area contributed by atoms with Crippen LogP contribution in [0.5, 0.6) is 11.5 Å². The van der Waals surface area contributed by atoms with Crippen LogP contribution in [0.3, 0.4) is 0 Å². The third kappa shape index (κ3) is 14.8. The molecule has 36 heavy (non-hydrogen) atoms. The quantitative estimate of drug-likeness (QED) is 0.116. The van der Waals surface area contributed by atoms with E-state index in [4.69, 9.17) is 9.47 Å². The number of aryl methyl sites for hydroxylation is 1. The number of phenolic OH excluding ortho intramolecular Hbond substituents is 1. The van der Waals surface area contributed by atoms with Gasteiger partial charge in [0, 0.05) is 13.0 Å². The van der Waals surface area contributed by atoms with Gasteiger partial charge in [0.05, 0.1) is 13.2 Å². The van der Waals surface area contributed by atoms with Crippen molar-refractivity contribution in [1.82, 2.24) is 5.32 Å². The lowest BCUT2D eigenvalue weighted by molar-refractivity contribution is -0.148. The van der Waals surface area contributed by atoms with Crippen molar-refractivity contribution in [2.75, 3.05) is 13.7 Å². The van der Waals surface area contributed by atoms with Crippen LogP contribution in [0.1, 0.15) is 102 Å². The molecule has 204 valence electrons. The Kier molecular flexibility index (Phi) is 17.2. The molecule has 1 rings (SSSR count). The largest absolute Gasteiger partial charge is 0.504 e. The van der Waals surface area contributed by atoms with E-state index >= 15 is 0 Å². The number of esters is 1. The van der Waals surface area contributed by atoms with Crippen molar-refractivity contribution in [3.63, 3.8) is 0 Å². The lowest BCUT2D eigenvalue weighted by Crippen LogP contribution is -2.28. The second-order valence-corrected chi connectivity index (χ2v) is 9.40. The van der Waals surface area contributed by atoms with E-state index in [2.05, 4.69) is 24.4 Å². The number of unbranched alkanes of at least 4 members (excludes halogenated alkanes) is 8. The van der Waals surface area contributed by atoms with Gasteiger partial charge in [0.2, 0.25) is 0 Å². The van der Waals surface area contributed by atoms with Gasteiger partial charge in [-0.1, -0.05) is 64.0 Å². The minimum atomic E-state index is -0.369. The van der Waals surface area contributed by atoms with Crippen LogP contribution >= 0.6 is 0 Å². The molecule has 0 saturated heterocycles. The van der Waals surface area contributed by atoms with Crippen molar-refractivity contribution >= 4 is 11.9 Å². The summed E-state index contributed by atoms with van der Waals surface area (Å²) >= 11 is 0. The Morgan fingerprint density at radius 1 is 1.03 bits per heavy atom. The second kappa shape index (κ2) is 19.6. The summed E-state index contributed by atoms with van der Waals surface area (Å²) in [5.41, 5.74) is 1.64. The van der Waals surface area contributed by atoms with Crippen LogP contribution in [-0.2, 0) is 20.9 Å². The minimum Gasteiger partial charge on any atom is -0.504 e. The van der Waals surface area contributed by atoms with Gasteiger partial charge in [-0.15, -0.1) is 0 Å². The molecule has 0 aliphatic carbocycles. The highest BCUT2D eigenvalue weighted by Gasteiger charge is 2.10. The van der Waals surface area contributed by atoms with E-state index in [0.717, 1.165) is 68.9 Å². The van der Waals surface area contributed by atoms with E-state index in [-0.39, 0.29) is 36.9 Å². The van der Waals surface area contributed by atoms with Crippen molar-refractivity contribution in [3.8, 4) is 11.5 Å². The van der Waals surface area contributed by atoms with Crippen molar-refractivity contribution in [2.45, 2.75) is 110 Å². The number of aromatic hydroxyl groups is 1. The van der Waals surface area contributed by atoms with Gasteiger partial charge in [-0.2, -0.15) is 0 Å². The van der Waals surface area contributed by atoms with Crippen molar-refractivity contribution in [3.05, 3.63) is 35.4 Å². The van der Waals surface area contributed by atoms with Gasteiger partial charge in [0.25, 0.3) is 5.91 Å². The molecule has 1 aromatic rings. The summed E-state index contributed by atoms with van der Waals surface area (Å²) in [6.07, 6.45) is 16.8. The Balaban J connectivity index is 2.03. The first kappa shape index (κ1) is 31.5. The van der Waals surface area contributed by atoms with E-state index in [1.165, 1.54) is 26.4 Å². The molecule has 1 unspecified atom stereocenters. The normalized spacial score (nSPS) is 12.0. The van der Waals surface area contributed by atoms with Gasteiger partial charge in [-0.05, 0) is 62.3 Å². The predicted molar refractivity (Wildman–Crippen MR) is 143 cm³/mol. The maximum atomic E-state index is 12.0. The number of allylic oxidation sites excluding steroid dienone is 1. The van der Waals surface area contributed by atoms with E-state index < -0.39 is 0 Å². The number of rotatable bonds is 20. The number of phenols is 1. The molecular weight excluding hydrogens is 458 g/mol. The van der Waals surface area contributed by atoms with Crippen LogP contribution in [0.4, 0.5) is 0 Å². The Hall–Kier alpha value is -2.54. The first-order valence-electron chi connectivity index (χ1n) is 13.5. The number of aliphatic hydroxyl groups excluding tert-OH is 1. The molecule has 3 N–H and O–H groups in total. The van der Waals surface area contributed by atoms with Gasteiger partial charge in [-0.25, -0.2) is 0 Å². The number of methoxy groups -OCH3 is 1. The highest BCUT2D eigenvalue weighted by molar-refractivity contribution is 5.80. The second-order valence-electron chi connectivity index (χ2n) is 9.40. The van der Waals surface area contributed by atoms with Crippen LogP contribution in [0.2, 0.25) is 0 Å². The number of hydrogen-bond donors (Lipinski definition) is 3. The van der Waals surface area contributed by atoms with Crippen LogP contribution in [-0.4, -0.2) is 41.9 Å². The Labute approximate surface area is 217 Å². The smallest absolute Gasteiger partial charge is 0.306 e. The number of hydrogen-bond acceptors (Lipinski definition) is 6. The van der Waals surface area contributed by atoms with Gasteiger partial charge < -0.3 is 25.0 Å². The highest BCUT2D eigenvalue weighted by atomic mass is 16.5. The Bertz CT molecular complexity index is 792. The van der Waals surface area contributed by atoms with Gasteiger partial charge in [0.15, 0.2) is 18.1 Å². The molecule has 0 bridgehead atoms. The molecule has 0 radical (unpaired) electrons. The number of amides is 1. The average molecular weight is 506 g/mol. The van der Waals surface area contributed by atoms with Gasteiger partial charge in [-0.3, -0.25) is 9.59 Å². The number of benzene rings is 1. The van der Waals surface area contributed by atoms with E-state index in [1.54, 1.807) is 12.1 Å². The molecule has 0 aliphatic rings. The summed E-state index contributed by atoms with van der Waals surface area (Å²) < 4.78 is 10.2. The zero-order valence-corrected chi connectivity index (χ0v) is 22.5. The van der Waals surface area contributed by atoms with Crippen molar-refractivity contribution < 1.29 is 29.3 Å². The van der Waals surface area contributed by atoms with Crippen LogP contribution in [0.25, 0.3) is 0 Å². The molecule has 0 saturated carbocycles. The summed E-state index contributed by atoms with van der Waals surface area (Å²) in [4.78, 5) is 23.9. The van der Waals surface area contributed by atoms with E-state index in [1.807, 2.05) is 6.92 Å². The monoisotopic (exact) mass is 505 g/mol. The van der Waals surface area contributed by atoms with Crippen LogP contribution in [0, 0.1) is 6.92 Å². The van der Waals surface area contributed by atoms with Crippen molar-refractivity contribution in [1.29, 1.82) is 0 Å². The fourth-order valence-electron chi connectivity index (χ4n) is 3.89. The Morgan fingerprint density at radius 2 is 1.75 bits per heavy atom. The first-order chi connectivity index (χ1) is 17.4. The summed E-state index contributed by atoms with van der Waals surface area (Å²) in [5.74, 6) is -0.331. The lowest BCUT2D eigenvalue weighted by Gasteiger charge is -2.11. The molecule has 1 amide bonds. The zero-order valence-electron chi connectivity index (χ0n) is 22.5. The molecule has 7 heteroatoms. The fourth-order valence-corrected chi connectivity index (χ4v) is 3.89. The number of carbonyl (C=O) groups is 2.